The van der Waals surface area contributed by atoms with Crippen molar-refractivity contribution in [1.29, 1.82) is 0 Å². The molecule has 0 aliphatic heterocycles. The summed E-state index contributed by atoms with van der Waals surface area (Å²) in [7, 11) is 0. The van der Waals surface area contributed by atoms with Gasteiger partial charge in [-0.15, -0.1) is 0 Å². The van der Waals surface area contributed by atoms with E-state index in [-0.39, 0.29) is 24.4 Å². The fourth-order valence-corrected chi connectivity index (χ4v) is 2.10. The Hall–Kier alpha value is -1.69. The van der Waals surface area contributed by atoms with Crippen molar-refractivity contribution in [3.05, 3.63) is 29.8 Å². The molecule has 0 aliphatic rings. The second-order valence-corrected chi connectivity index (χ2v) is 5.14. The van der Waals surface area contributed by atoms with Gasteiger partial charge >= 0.3 is 0 Å². The van der Waals surface area contributed by atoms with Gasteiger partial charge in [0.05, 0.1) is 6.54 Å². The quantitative estimate of drug-likeness (QED) is 0.675. The van der Waals surface area contributed by atoms with Gasteiger partial charge in [0.2, 0.25) is 5.91 Å². The molecule has 0 saturated carbocycles. The van der Waals surface area contributed by atoms with E-state index in [0.717, 1.165) is 5.75 Å². The normalized spacial score (nSPS) is 11.7. The summed E-state index contributed by atoms with van der Waals surface area (Å²) < 4.78 is 0. The number of nitrogens with two attached hydrogens (primary N) is 1. The van der Waals surface area contributed by atoms with E-state index in [2.05, 4.69) is 10.6 Å². The van der Waals surface area contributed by atoms with Crippen LogP contribution < -0.4 is 16.4 Å². The third-order valence-corrected chi connectivity index (χ3v) is 3.24. The van der Waals surface area contributed by atoms with Crippen molar-refractivity contribution in [2.45, 2.75) is 13.0 Å². The third-order valence-electron chi connectivity index (χ3n) is 2.41. The minimum absolute atomic E-state index is 0.0259. The zero-order valence-corrected chi connectivity index (χ0v) is 11.9. The third kappa shape index (κ3) is 5.65. The highest BCUT2D eigenvalue weighted by Gasteiger charge is 2.09. The molecule has 0 radical (unpaired) electrons. The Labute approximate surface area is 117 Å². The molecule has 1 unspecified atom stereocenters. The van der Waals surface area contributed by atoms with Crippen molar-refractivity contribution >= 4 is 29.3 Å². The first kappa shape index (κ1) is 15.4. The van der Waals surface area contributed by atoms with Crippen LogP contribution in [0.4, 0.5) is 5.69 Å². The number of benzene rings is 1. The van der Waals surface area contributed by atoms with Gasteiger partial charge in [0.25, 0.3) is 5.91 Å². The molecule has 0 saturated heterocycles. The zero-order valence-electron chi connectivity index (χ0n) is 11.1. The first-order valence-corrected chi connectivity index (χ1v) is 7.34. The number of nitrogen functional groups attached to an aromatic ring is 1. The molecule has 104 valence electrons. The van der Waals surface area contributed by atoms with Gasteiger partial charge in [0.15, 0.2) is 0 Å². The highest BCUT2D eigenvalue weighted by molar-refractivity contribution is 7.98. The molecular weight excluding hydrogens is 262 g/mol. The van der Waals surface area contributed by atoms with Crippen LogP contribution in [0.15, 0.2) is 24.3 Å². The lowest BCUT2D eigenvalue weighted by Crippen LogP contribution is -2.41. The summed E-state index contributed by atoms with van der Waals surface area (Å²) in [6.07, 6.45) is 1.98. The Morgan fingerprint density at radius 3 is 2.53 bits per heavy atom. The standard InChI is InChI=1S/C13H19N3O2S/c1-9(8-19-2)16-12(17)7-15-13(18)10-3-5-11(14)6-4-10/h3-6,9H,7-8,14H2,1-2H3,(H,15,18)(H,16,17). The molecule has 1 aromatic carbocycles. The molecule has 19 heavy (non-hydrogen) atoms. The average Bonchev–Trinajstić information content (AvgIpc) is 2.37. The number of carbonyl (C=O) groups is 2. The van der Waals surface area contributed by atoms with Gasteiger partial charge in [-0.05, 0) is 37.4 Å². The first-order chi connectivity index (χ1) is 9.02. The maximum atomic E-state index is 11.7. The van der Waals surface area contributed by atoms with Crippen molar-refractivity contribution in [2.24, 2.45) is 0 Å². The molecule has 5 nitrogen and oxygen atoms in total. The monoisotopic (exact) mass is 281 g/mol. The summed E-state index contributed by atoms with van der Waals surface area (Å²) in [6, 6.07) is 6.64. The van der Waals surface area contributed by atoms with Crippen LogP contribution in [0.1, 0.15) is 17.3 Å². The number of hydrogen-bond donors (Lipinski definition) is 3. The van der Waals surface area contributed by atoms with Gasteiger partial charge in [-0.1, -0.05) is 0 Å². The van der Waals surface area contributed by atoms with Gasteiger partial charge in [-0.25, -0.2) is 0 Å². The van der Waals surface area contributed by atoms with Gasteiger partial charge in [-0.3, -0.25) is 9.59 Å². The fraction of sp³-hybridized carbons (Fsp3) is 0.385. The molecule has 0 bridgehead atoms. The van der Waals surface area contributed by atoms with Crippen LogP contribution in [0.2, 0.25) is 0 Å². The number of carbonyl (C=O) groups excluding carboxylic acids is 2. The lowest BCUT2D eigenvalue weighted by Gasteiger charge is -2.12. The van der Waals surface area contributed by atoms with E-state index in [9.17, 15) is 9.59 Å². The van der Waals surface area contributed by atoms with Crippen LogP contribution in [0.5, 0.6) is 0 Å². The van der Waals surface area contributed by atoms with Crippen molar-refractivity contribution in [3.63, 3.8) is 0 Å². The second-order valence-electron chi connectivity index (χ2n) is 4.23. The molecule has 2 amide bonds. The van der Waals surface area contributed by atoms with E-state index >= 15 is 0 Å². The molecular formula is C13H19N3O2S. The molecule has 6 heteroatoms. The molecule has 4 N–H and O–H groups in total. The van der Waals surface area contributed by atoms with E-state index < -0.39 is 0 Å². The molecule has 1 atom stereocenters. The average molecular weight is 281 g/mol. The van der Waals surface area contributed by atoms with Crippen LogP contribution in [-0.2, 0) is 4.79 Å². The van der Waals surface area contributed by atoms with Crippen molar-refractivity contribution < 1.29 is 9.59 Å². The van der Waals surface area contributed by atoms with Crippen LogP contribution in [-0.4, -0.2) is 36.4 Å². The summed E-state index contributed by atoms with van der Waals surface area (Å²) >= 11 is 1.66. The van der Waals surface area contributed by atoms with Gasteiger partial charge < -0.3 is 16.4 Å². The summed E-state index contributed by atoms with van der Waals surface area (Å²) in [5, 5.41) is 5.37. The Kier molecular flexibility index (Phi) is 6.21. The molecule has 0 aliphatic carbocycles. The molecule has 0 fully saturated rings. The molecule has 1 rings (SSSR count). The van der Waals surface area contributed by atoms with Gasteiger partial charge in [0.1, 0.15) is 0 Å². The number of anilines is 1. The van der Waals surface area contributed by atoms with E-state index in [1.165, 1.54) is 0 Å². The maximum absolute atomic E-state index is 11.7. The summed E-state index contributed by atoms with van der Waals surface area (Å²) in [4.78, 5) is 23.3. The van der Waals surface area contributed by atoms with Crippen molar-refractivity contribution in [2.75, 3.05) is 24.3 Å². The lowest BCUT2D eigenvalue weighted by molar-refractivity contribution is -0.120. The Morgan fingerprint density at radius 1 is 1.32 bits per heavy atom. The first-order valence-electron chi connectivity index (χ1n) is 5.95. The minimum Gasteiger partial charge on any atom is -0.399 e. The van der Waals surface area contributed by atoms with Gasteiger partial charge in [0, 0.05) is 23.0 Å². The summed E-state index contributed by atoms with van der Waals surface area (Å²) in [5.74, 6) is 0.371. The highest BCUT2D eigenvalue weighted by atomic mass is 32.2. The number of thioether (sulfide) groups is 1. The number of amides is 2. The highest BCUT2D eigenvalue weighted by Crippen LogP contribution is 2.04. The Balaban J connectivity index is 2.37. The van der Waals surface area contributed by atoms with Crippen molar-refractivity contribution in [3.8, 4) is 0 Å². The van der Waals surface area contributed by atoms with Gasteiger partial charge in [-0.2, -0.15) is 11.8 Å². The summed E-state index contributed by atoms with van der Waals surface area (Å²) in [6.45, 7) is 1.90. The maximum Gasteiger partial charge on any atom is 0.251 e. The number of nitrogens with one attached hydrogen (secondary N) is 2. The lowest BCUT2D eigenvalue weighted by atomic mass is 10.2. The predicted molar refractivity (Wildman–Crippen MR) is 79.2 cm³/mol. The molecule has 0 aromatic heterocycles. The predicted octanol–water partition coefficient (Wildman–Crippen LogP) is 0.866. The zero-order chi connectivity index (χ0) is 14.3. The summed E-state index contributed by atoms with van der Waals surface area (Å²) in [5.41, 5.74) is 6.62. The van der Waals surface area contributed by atoms with Crippen LogP contribution in [0.3, 0.4) is 0 Å². The topological polar surface area (TPSA) is 84.2 Å². The van der Waals surface area contributed by atoms with E-state index in [1.807, 2.05) is 13.2 Å². The minimum atomic E-state index is -0.285. The van der Waals surface area contributed by atoms with Crippen LogP contribution in [0, 0.1) is 0 Å². The SMILES string of the molecule is CSCC(C)NC(=O)CNC(=O)c1ccc(N)cc1. The van der Waals surface area contributed by atoms with E-state index in [0.29, 0.717) is 11.3 Å². The largest absolute Gasteiger partial charge is 0.399 e. The smallest absolute Gasteiger partial charge is 0.251 e. The number of rotatable bonds is 6. The second kappa shape index (κ2) is 7.68. The Morgan fingerprint density at radius 2 is 1.95 bits per heavy atom. The van der Waals surface area contributed by atoms with Crippen LogP contribution in [0.25, 0.3) is 0 Å². The number of hydrogen-bond acceptors (Lipinski definition) is 4. The molecule has 0 heterocycles. The van der Waals surface area contributed by atoms with Crippen LogP contribution >= 0.6 is 11.8 Å². The molecule has 1 aromatic rings. The Bertz CT molecular complexity index is 434. The van der Waals surface area contributed by atoms with E-state index in [4.69, 9.17) is 5.73 Å². The fourth-order valence-electron chi connectivity index (χ4n) is 1.51. The van der Waals surface area contributed by atoms with E-state index in [1.54, 1.807) is 36.0 Å². The van der Waals surface area contributed by atoms with Crippen molar-refractivity contribution in [1.82, 2.24) is 10.6 Å². The molecule has 0 spiro atoms.